The number of carbonyl (C=O) groups excluding carboxylic acids is 2. The second-order valence-corrected chi connectivity index (χ2v) is 3.56. The molecule has 86 valence electrons. The lowest BCUT2D eigenvalue weighted by molar-refractivity contribution is -0.127. The summed E-state index contributed by atoms with van der Waals surface area (Å²) in [6, 6.07) is 9.07. The van der Waals surface area contributed by atoms with Gasteiger partial charge in [-0.1, -0.05) is 30.3 Å². The maximum atomic E-state index is 11.5. The number of carbonyl (C=O) groups is 2. The first kappa shape index (κ1) is 12.2. The van der Waals surface area contributed by atoms with Crippen molar-refractivity contribution in [3.8, 4) is 0 Å². The molecular formula is C12H16N2O2. The van der Waals surface area contributed by atoms with E-state index in [9.17, 15) is 9.59 Å². The zero-order valence-corrected chi connectivity index (χ0v) is 9.49. The van der Waals surface area contributed by atoms with Crippen LogP contribution in [0.25, 0.3) is 0 Å². The van der Waals surface area contributed by atoms with Gasteiger partial charge in [0.05, 0.1) is 0 Å². The summed E-state index contributed by atoms with van der Waals surface area (Å²) >= 11 is 0. The molecule has 0 bridgehead atoms. The highest BCUT2D eigenvalue weighted by molar-refractivity contribution is 5.86. The van der Waals surface area contributed by atoms with Crippen LogP contribution in [0.2, 0.25) is 0 Å². The highest BCUT2D eigenvalue weighted by atomic mass is 16.2. The molecule has 4 nitrogen and oxygen atoms in total. The van der Waals surface area contributed by atoms with Crippen molar-refractivity contribution in [2.24, 2.45) is 0 Å². The molecule has 0 fully saturated rings. The highest BCUT2D eigenvalue weighted by Gasteiger charge is 2.18. The predicted octanol–water partition coefficient (Wildman–Crippen LogP) is 0.480. The standard InChI is InChI=1S/C12H16N2O2/c1-9(15)14-11(12(16)13-2)8-10-6-4-3-5-7-10/h3-7,11H,8H2,1-2H3,(H,13,16)(H,14,15)/t11-/m0/s1. The largest absolute Gasteiger partial charge is 0.357 e. The van der Waals surface area contributed by atoms with Gasteiger partial charge in [-0.3, -0.25) is 9.59 Å². The number of rotatable bonds is 4. The quantitative estimate of drug-likeness (QED) is 0.775. The van der Waals surface area contributed by atoms with E-state index < -0.39 is 6.04 Å². The third-order valence-electron chi connectivity index (χ3n) is 2.22. The summed E-state index contributed by atoms with van der Waals surface area (Å²) in [5.74, 6) is -0.386. The lowest BCUT2D eigenvalue weighted by Crippen LogP contribution is -2.46. The van der Waals surface area contributed by atoms with Crippen molar-refractivity contribution >= 4 is 11.8 Å². The van der Waals surface area contributed by atoms with E-state index in [0.29, 0.717) is 6.42 Å². The zero-order valence-electron chi connectivity index (χ0n) is 9.49. The summed E-state index contributed by atoms with van der Waals surface area (Å²) in [6.45, 7) is 1.40. The third kappa shape index (κ3) is 3.73. The molecule has 1 rings (SSSR count). The molecule has 0 radical (unpaired) electrons. The van der Waals surface area contributed by atoms with Gasteiger partial charge in [0.1, 0.15) is 6.04 Å². The van der Waals surface area contributed by atoms with Crippen LogP contribution in [0.5, 0.6) is 0 Å². The Morgan fingerprint density at radius 1 is 1.25 bits per heavy atom. The van der Waals surface area contributed by atoms with Gasteiger partial charge in [-0.05, 0) is 5.56 Å². The molecule has 0 saturated heterocycles. The Hall–Kier alpha value is -1.84. The SMILES string of the molecule is CNC(=O)[C@H](Cc1ccccc1)NC(C)=O. The van der Waals surface area contributed by atoms with E-state index in [0.717, 1.165) is 5.56 Å². The summed E-state index contributed by atoms with van der Waals surface area (Å²) in [6.07, 6.45) is 0.500. The smallest absolute Gasteiger partial charge is 0.242 e. The Balaban J connectivity index is 2.70. The Morgan fingerprint density at radius 2 is 1.88 bits per heavy atom. The van der Waals surface area contributed by atoms with Gasteiger partial charge in [0.2, 0.25) is 11.8 Å². The molecular weight excluding hydrogens is 204 g/mol. The van der Waals surface area contributed by atoms with Crippen molar-refractivity contribution in [3.05, 3.63) is 35.9 Å². The average molecular weight is 220 g/mol. The lowest BCUT2D eigenvalue weighted by atomic mass is 10.1. The van der Waals surface area contributed by atoms with Gasteiger partial charge in [-0.2, -0.15) is 0 Å². The molecule has 2 amide bonds. The van der Waals surface area contributed by atoms with E-state index in [-0.39, 0.29) is 11.8 Å². The van der Waals surface area contributed by atoms with Crippen molar-refractivity contribution in [1.29, 1.82) is 0 Å². The molecule has 2 N–H and O–H groups in total. The van der Waals surface area contributed by atoms with E-state index in [1.54, 1.807) is 7.05 Å². The highest BCUT2D eigenvalue weighted by Crippen LogP contribution is 2.03. The number of hydrogen-bond acceptors (Lipinski definition) is 2. The molecule has 0 saturated carbocycles. The van der Waals surface area contributed by atoms with E-state index >= 15 is 0 Å². The Labute approximate surface area is 95.0 Å². The van der Waals surface area contributed by atoms with Gasteiger partial charge >= 0.3 is 0 Å². The van der Waals surface area contributed by atoms with Gasteiger partial charge in [-0.25, -0.2) is 0 Å². The minimum absolute atomic E-state index is 0.181. The average Bonchev–Trinajstić information content (AvgIpc) is 2.28. The van der Waals surface area contributed by atoms with E-state index in [4.69, 9.17) is 0 Å². The summed E-state index contributed by atoms with van der Waals surface area (Å²) < 4.78 is 0. The van der Waals surface area contributed by atoms with Crippen molar-refractivity contribution in [2.45, 2.75) is 19.4 Å². The fourth-order valence-electron chi connectivity index (χ4n) is 1.48. The van der Waals surface area contributed by atoms with Crippen LogP contribution in [0.4, 0.5) is 0 Å². The molecule has 4 heteroatoms. The molecule has 1 atom stereocenters. The molecule has 16 heavy (non-hydrogen) atoms. The maximum absolute atomic E-state index is 11.5. The predicted molar refractivity (Wildman–Crippen MR) is 61.8 cm³/mol. The molecule has 0 heterocycles. The summed E-state index contributed by atoms with van der Waals surface area (Å²) in [7, 11) is 1.56. The van der Waals surface area contributed by atoms with Crippen LogP contribution < -0.4 is 10.6 Å². The third-order valence-corrected chi connectivity index (χ3v) is 2.22. The topological polar surface area (TPSA) is 58.2 Å². The zero-order chi connectivity index (χ0) is 12.0. The maximum Gasteiger partial charge on any atom is 0.242 e. The van der Waals surface area contributed by atoms with Gasteiger partial charge < -0.3 is 10.6 Å². The minimum atomic E-state index is -0.509. The fraction of sp³-hybridized carbons (Fsp3) is 0.333. The number of nitrogens with one attached hydrogen (secondary N) is 2. The van der Waals surface area contributed by atoms with Crippen LogP contribution in [0.15, 0.2) is 30.3 Å². The number of hydrogen-bond donors (Lipinski definition) is 2. The van der Waals surface area contributed by atoms with Crippen molar-refractivity contribution in [1.82, 2.24) is 10.6 Å². The van der Waals surface area contributed by atoms with Crippen LogP contribution >= 0.6 is 0 Å². The van der Waals surface area contributed by atoms with Gasteiger partial charge in [0.15, 0.2) is 0 Å². The van der Waals surface area contributed by atoms with Crippen LogP contribution in [0.1, 0.15) is 12.5 Å². The Kier molecular flexibility index (Phi) is 4.51. The first-order valence-corrected chi connectivity index (χ1v) is 5.16. The van der Waals surface area contributed by atoms with Crippen molar-refractivity contribution in [2.75, 3.05) is 7.05 Å². The number of likely N-dealkylation sites (N-methyl/N-ethyl adjacent to an activating group) is 1. The second kappa shape index (κ2) is 5.90. The van der Waals surface area contributed by atoms with Crippen LogP contribution in [0.3, 0.4) is 0 Å². The first-order valence-electron chi connectivity index (χ1n) is 5.16. The van der Waals surface area contributed by atoms with Crippen LogP contribution in [-0.4, -0.2) is 24.9 Å². The van der Waals surface area contributed by atoms with E-state index in [1.807, 2.05) is 30.3 Å². The van der Waals surface area contributed by atoms with Crippen molar-refractivity contribution in [3.63, 3.8) is 0 Å². The Morgan fingerprint density at radius 3 is 2.38 bits per heavy atom. The van der Waals surface area contributed by atoms with Gasteiger partial charge in [0.25, 0.3) is 0 Å². The van der Waals surface area contributed by atoms with Gasteiger partial charge in [-0.15, -0.1) is 0 Å². The molecule has 1 aromatic rings. The van der Waals surface area contributed by atoms with Crippen molar-refractivity contribution < 1.29 is 9.59 Å². The fourth-order valence-corrected chi connectivity index (χ4v) is 1.48. The van der Waals surface area contributed by atoms with Crippen LogP contribution in [0, 0.1) is 0 Å². The summed E-state index contributed by atoms with van der Waals surface area (Å²) in [5.41, 5.74) is 1.02. The molecule has 0 aromatic heterocycles. The number of benzene rings is 1. The number of amides is 2. The molecule has 1 aromatic carbocycles. The molecule has 0 unspecified atom stereocenters. The van der Waals surface area contributed by atoms with Gasteiger partial charge in [0, 0.05) is 20.4 Å². The lowest BCUT2D eigenvalue weighted by Gasteiger charge is -2.16. The molecule has 0 aliphatic rings. The van der Waals surface area contributed by atoms with Crippen LogP contribution in [-0.2, 0) is 16.0 Å². The monoisotopic (exact) mass is 220 g/mol. The summed E-state index contributed by atoms with van der Waals surface area (Å²) in [5, 5.41) is 5.17. The second-order valence-electron chi connectivity index (χ2n) is 3.56. The Bertz CT molecular complexity index is 363. The molecule has 0 spiro atoms. The molecule has 0 aliphatic heterocycles. The minimum Gasteiger partial charge on any atom is -0.357 e. The van der Waals surface area contributed by atoms with E-state index in [1.165, 1.54) is 6.92 Å². The summed E-state index contributed by atoms with van der Waals surface area (Å²) in [4.78, 5) is 22.5. The first-order chi connectivity index (χ1) is 7.63. The molecule has 0 aliphatic carbocycles. The van der Waals surface area contributed by atoms with E-state index in [2.05, 4.69) is 10.6 Å². The normalized spacial score (nSPS) is 11.6.